The van der Waals surface area contributed by atoms with E-state index in [9.17, 15) is 23.3 Å². The van der Waals surface area contributed by atoms with Gasteiger partial charge >= 0.3 is 0 Å². The second kappa shape index (κ2) is 8.82. The highest BCUT2D eigenvalue weighted by Gasteiger charge is 2.26. The van der Waals surface area contributed by atoms with E-state index in [1.807, 2.05) is 13.0 Å². The van der Waals surface area contributed by atoms with Gasteiger partial charge in [-0.3, -0.25) is 19.9 Å². The van der Waals surface area contributed by atoms with Crippen molar-refractivity contribution >= 4 is 32.5 Å². The molecule has 0 atom stereocenters. The number of pyridine rings is 2. The van der Waals surface area contributed by atoms with Crippen LogP contribution in [-0.2, 0) is 10.0 Å². The Labute approximate surface area is 205 Å². The molecule has 2 aromatic carbocycles. The third-order valence-electron chi connectivity index (χ3n) is 5.75. The van der Waals surface area contributed by atoms with Crippen molar-refractivity contribution in [3.05, 3.63) is 118 Å². The summed E-state index contributed by atoms with van der Waals surface area (Å²) in [5.41, 5.74) is 2.20. The average molecular weight is 499 g/mol. The first kappa shape index (κ1) is 23.1. The average Bonchev–Trinajstić information content (AvgIpc) is 3.29. The maximum atomic E-state index is 13.5. The van der Waals surface area contributed by atoms with Crippen LogP contribution in [0, 0.1) is 17.0 Å². The number of hydrogen-bond donors (Lipinski definition) is 0. The Bertz CT molecular complexity index is 1750. The van der Waals surface area contributed by atoms with Crippen LogP contribution in [0.5, 0.6) is 0 Å². The molecule has 5 rings (SSSR count). The lowest BCUT2D eigenvalue weighted by Gasteiger charge is -2.08. The maximum absolute atomic E-state index is 13.5. The van der Waals surface area contributed by atoms with Crippen molar-refractivity contribution in [3.8, 4) is 11.1 Å². The Morgan fingerprint density at radius 1 is 0.972 bits per heavy atom. The van der Waals surface area contributed by atoms with Crippen molar-refractivity contribution in [2.75, 3.05) is 0 Å². The van der Waals surface area contributed by atoms with Crippen LogP contribution in [-0.4, -0.2) is 33.1 Å². The molecular formula is C26H18N4O5S. The van der Waals surface area contributed by atoms with Crippen LogP contribution in [0.1, 0.15) is 21.5 Å². The molecule has 0 aliphatic heterocycles. The quantitative estimate of drug-likeness (QED) is 0.187. The van der Waals surface area contributed by atoms with E-state index < -0.39 is 20.7 Å². The smallest absolute Gasteiger partial charge is 0.270 e. The number of nitrogens with zero attached hydrogens (tertiary/aromatic N) is 4. The minimum absolute atomic E-state index is 0.0393. The van der Waals surface area contributed by atoms with Crippen molar-refractivity contribution in [3.63, 3.8) is 0 Å². The summed E-state index contributed by atoms with van der Waals surface area (Å²) in [6.07, 6.45) is 5.99. The number of carbonyl (C=O) groups excluding carboxylic acids is 1. The summed E-state index contributed by atoms with van der Waals surface area (Å²) < 4.78 is 28.1. The predicted octanol–water partition coefficient (Wildman–Crippen LogP) is 4.78. The van der Waals surface area contributed by atoms with Gasteiger partial charge in [-0.2, -0.15) is 0 Å². The first-order chi connectivity index (χ1) is 17.3. The number of rotatable bonds is 6. The monoisotopic (exact) mass is 498 g/mol. The normalized spacial score (nSPS) is 11.5. The lowest BCUT2D eigenvalue weighted by atomic mass is 10.0. The molecule has 10 heteroatoms. The van der Waals surface area contributed by atoms with Crippen molar-refractivity contribution in [1.82, 2.24) is 13.9 Å². The van der Waals surface area contributed by atoms with E-state index >= 15 is 0 Å². The molecule has 0 spiro atoms. The summed E-state index contributed by atoms with van der Waals surface area (Å²) in [6.45, 7) is 1.85. The number of aromatic nitrogens is 3. The van der Waals surface area contributed by atoms with Crippen LogP contribution in [0.15, 0.2) is 96.4 Å². The predicted molar refractivity (Wildman–Crippen MR) is 133 cm³/mol. The van der Waals surface area contributed by atoms with Crippen LogP contribution in [0.3, 0.4) is 0 Å². The molecule has 3 heterocycles. The van der Waals surface area contributed by atoms with Gasteiger partial charge in [0.25, 0.3) is 15.7 Å². The van der Waals surface area contributed by atoms with Crippen LogP contribution in [0.25, 0.3) is 22.2 Å². The summed E-state index contributed by atoms with van der Waals surface area (Å²) in [6, 6.07) is 16.9. The third-order valence-corrected chi connectivity index (χ3v) is 7.41. The highest BCUT2D eigenvalue weighted by Crippen LogP contribution is 2.30. The Morgan fingerprint density at radius 2 is 1.75 bits per heavy atom. The lowest BCUT2D eigenvalue weighted by molar-refractivity contribution is -0.384. The second-order valence-electron chi connectivity index (χ2n) is 8.13. The molecule has 178 valence electrons. The van der Waals surface area contributed by atoms with E-state index in [2.05, 4.69) is 9.97 Å². The molecule has 0 saturated heterocycles. The molecule has 0 aliphatic carbocycles. The zero-order valence-corrected chi connectivity index (χ0v) is 19.7. The fourth-order valence-electron chi connectivity index (χ4n) is 3.87. The van der Waals surface area contributed by atoms with Gasteiger partial charge in [0.05, 0.1) is 15.4 Å². The highest BCUT2D eigenvalue weighted by atomic mass is 32.2. The number of benzene rings is 2. The molecule has 0 bridgehead atoms. The topological polar surface area (TPSA) is 125 Å². The van der Waals surface area contributed by atoms with Crippen molar-refractivity contribution in [2.24, 2.45) is 0 Å². The van der Waals surface area contributed by atoms with Gasteiger partial charge in [-0.25, -0.2) is 17.4 Å². The zero-order valence-electron chi connectivity index (χ0n) is 18.9. The van der Waals surface area contributed by atoms with E-state index in [-0.39, 0.29) is 27.4 Å². The van der Waals surface area contributed by atoms with Crippen LogP contribution in [0.4, 0.5) is 5.69 Å². The molecule has 0 aliphatic rings. The van der Waals surface area contributed by atoms with Crippen LogP contribution >= 0.6 is 0 Å². The van der Waals surface area contributed by atoms with Crippen molar-refractivity contribution in [1.29, 1.82) is 0 Å². The minimum Gasteiger partial charge on any atom is -0.289 e. The van der Waals surface area contributed by atoms with Gasteiger partial charge < -0.3 is 0 Å². The van der Waals surface area contributed by atoms with E-state index in [4.69, 9.17) is 0 Å². The molecule has 0 saturated carbocycles. The first-order valence-corrected chi connectivity index (χ1v) is 12.2. The third kappa shape index (κ3) is 4.03. The molecular weight excluding hydrogens is 480 g/mol. The Kier molecular flexibility index (Phi) is 5.65. The number of nitro groups is 1. The van der Waals surface area contributed by atoms with Gasteiger partial charge in [0.15, 0.2) is 11.4 Å². The summed E-state index contributed by atoms with van der Waals surface area (Å²) >= 11 is 0. The maximum Gasteiger partial charge on any atom is 0.270 e. The Morgan fingerprint density at radius 3 is 2.44 bits per heavy atom. The van der Waals surface area contributed by atoms with Gasteiger partial charge in [0.2, 0.25) is 0 Å². The number of fused-ring (bicyclic) bond motifs is 1. The molecule has 0 radical (unpaired) electrons. The van der Waals surface area contributed by atoms with E-state index in [1.54, 1.807) is 36.7 Å². The number of carbonyl (C=O) groups is 1. The van der Waals surface area contributed by atoms with Crippen molar-refractivity contribution in [2.45, 2.75) is 11.8 Å². The number of aryl methyl sites for hydroxylation is 1. The van der Waals surface area contributed by atoms with E-state index in [1.165, 1.54) is 48.8 Å². The zero-order chi connectivity index (χ0) is 25.4. The fraction of sp³-hybridized carbons (Fsp3) is 0.0385. The Hall–Kier alpha value is -4.70. The number of hydrogen-bond acceptors (Lipinski definition) is 7. The summed E-state index contributed by atoms with van der Waals surface area (Å²) in [5, 5.41) is 11.5. The lowest BCUT2D eigenvalue weighted by Crippen LogP contribution is -2.12. The standard InChI is InChI=1S/C26H18N4O5S/c1-17-7-9-22(10-8-17)36(34,35)29-16-24(25(31)18-4-2-6-21(12-18)30(32)33)23-13-20(15-28-26(23)29)19-5-3-11-27-14-19/h2-16H,1H3. The highest BCUT2D eigenvalue weighted by molar-refractivity contribution is 7.90. The SMILES string of the molecule is Cc1ccc(S(=O)(=O)n2cc(C(=O)c3cccc([N+](=O)[O-])c3)c3cc(-c4cccnc4)cnc32)cc1. The fourth-order valence-corrected chi connectivity index (χ4v) is 5.20. The van der Waals surface area contributed by atoms with Gasteiger partial charge in [0, 0.05) is 59.0 Å². The number of non-ortho nitro benzene ring substituents is 1. The molecule has 3 aromatic heterocycles. The number of ketones is 1. The van der Waals surface area contributed by atoms with Gasteiger partial charge in [0.1, 0.15) is 0 Å². The molecule has 36 heavy (non-hydrogen) atoms. The molecule has 0 amide bonds. The van der Waals surface area contributed by atoms with E-state index in [0.29, 0.717) is 10.9 Å². The minimum atomic E-state index is -4.09. The molecule has 0 fully saturated rings. The second-order valence-corrected chi connectivity index (χ2v) is 9.95. The molecule has 0 N–H and O–H groups in total. The van der Waals surface area contributed by atoms with E-state index in [0.717, 1.165) is 15.1 Å². The first-order valence-electron chi connectivity index (χ1n) is 10.8. The molecule has 9 nitrogen and oxygen atoms in total. The summed E-state index contributed by atoms with van der Waals surface area (Å²) in [7, 11) is -4.09. The summed E-state index contributed by atoms with van der Waals surface area (Å²) in [5.74, 6) is -0.563. The van der Waals surface area contributed by atoms with Gasteiger partial charge in [-0.1, -0.05) is 35.9 Å². The van der Waals surface area contributed by atoms with Gasteiger partial charge in [-0.05, 0) is 31.2 Å². The summed E-state index contributed by atoms with van der Waals surface area (Å²) in [4.78, 5) is 32.7. The number of nitro benzene ring substituents is 1. The largest absolute Gasteiger partial charge is 0.289 e. The Balaban J connectivity index is 1.74. The van der Waals surface area contributed by atoms with Crippen molar-refractivity contribution < 1.29 is 18.1 Å². The van der Waals surface area contributed by atoms with Gasteiger partial charge in [-0.15, -0.1) is 0 Å². The molecule has 0 unspecified atom stereocenters. The van der Waals surface area contributed by atoms with Crippen LogP contribution in [0.2, 0.25) is 0 Å². The van der Waals surface area contributed by atoms with Crippen LogP contribution < -0.4 is 0 Å². The molecule has 5 aromatic rings.